The van der Waals surface area contributed by atoms with Crippen LogP contribution in [0.3, 0.4) is 0 Å². The van der Waals surface area contributed by atoms with E-state index in [2.05, 4.69) is 30.0 Å². The average Bonchev–Trinajstić information content (AvgIpc) is 1.87. The van der Waals surface area contributed by atoms with Crippen LogP contribution in [0.5, 0.6) is 0 Å². The summed E-state index contributed by atoms with van der Waals surface area (Å²) in [6.07, 6.45) is 0. The number of primary amides is 2. The van der Waals surface area contributed by atoms with Crippen LogP contribution in [-0.4, -0.2) is 22.7 Å². The van der Waals surface area contributed by atoms with E-state index >= 15 is 0 Å². The van der Waals surface area contributed by atoms with E-state index in [1.54, 1.807) is 0 Å². The quantitative estimate of drug-likeness (QED) is 0.325. The molecule has 2 amide bonds. The third-order valence-electron chi connectivity index (χ3n) is 0.745. The Kier molecular flexibility index (Phi) is 4.31. The first kappa shape index (κ1) is 10.6. The van der Waals surface area contributed by atoms with Gasteiger partial charge in [-0.2, -0.15) is 0 Å². The van der Waals surface area contributed by atoms with Gasteiger partial charge in [0.1, 0.15) is 0 Å². The largest absolute Gasteiger partial charge is 0.367 e. The lowest BCUT2D eigenvalue weighted by Gasteiger charge is -2.11. The summed E-state index contributed by atoms with van der Waals surface area (Å²) in [5.74, 6) is -1.60. The van der Waals surface area contributed by atoms with Gasteiger partial charge in [0.2, 0.25) is 0 Å². The molecule has 2 unspecified atom stereocenters. The predicted octanol–water partition coefficient (Wildman–Crippen LogP) is -1.51. The third-order valence-corrected chi connectivity index (χ3v) is 1.50. The van der Waals surface area contributed by atoms with E-state index in [0.717, 1.165) is 0 Å². The Morgan fingerprint density at radius 2 is 1.36 bits per heavy atom. The number of hydrogen-bond donors (Lipinski definition) is 4. The minimum absolute atomic E-state index is 0.798. The fourth-order valence-corrected chi connectivity index (χ4v) is 0.596. The molecule has 0 aliphatic rings. The number of ether oxygens (including phenoxy) is 1. The molecule has 0 aromatic rings. The SMILES string of the molecule is NC(=O)C(S)OC(S)C(N)=O. The van der Waals surface area contributed by atoms with Crippen LogP contribution in [0.15, 0.2) is 0 Å². The molecule has 0 heterocycles. The van der Waals surface area contributed by atoms with Gasteiger partial charge < -0.3 is 16.2 Å². The second kappa shape index (κ2) is 4.47. The first-order chi connectivity index (χ1) is 4.95. The highest BCUT2D eigenvalue weighted by atomic mass is 32.1. The second-order valence-corrected chi connectivity index (χ2v) is 2.58. The van der Waals surface area contributed by atoms with Crippen molar-refractivity contribution < 1.29 is 14.3 Å². The fourth-order valence-electron chi connectivity index (χ4n) is 0.256. The van der Waals surface area contributed by atoms with Crippen molar-refractivity contribution in [2.24, 2.45) is 11.5 Å². The van der Waals surface area contributed by atoms with Crippen LogP contribution in [0, 0.1) is 0 Å². The number of rotatable bonds is 4. The van der Waals surface area contributed by atoms with E-state index < -0.39 is 22.7 Å². The van der Waals surface area contributed by atoms with Crippen LogP contribution in [0.2, 0.25) is 0 Å². The van der Waals surface area contributed by atoms with Crippen molar-refractivity contribution in [3.8, 4) is 0 Å². The number of amides is 2. The fraction of sp³-hybridized carbons (Fsp3) is 0.500. The highest BCUT2D eigenvalue weighted by Gasteiger charge is 2.18. The van der Waals surface area contributed by atoms with Gasteiger partial charge in [-0.3, -0.25) is 9.59 Å². The molecule has 0 aliphatic heterocycles. The molecule has 11 heavy (non-hydrogen) atoms. The van der Waals surface area contributed by atoms with E-state index in [1.807, 2.05) is 0 Å². The Labute approximate surface area is 74.3 Å². The van der Waals surface area contributed by atoms with E-state index in [-0.39, 0.29) is 0 Å². The van der Waals surface area contributed by atoms with Gasteiger partial charge in [0.15, 0.2) is 10.9 Å². The Morgan fingerprint density at radius 3 is 1.55 bits per heavy atom. The van der Waals surface area contributed by atoms with Crippen molar-refractivity contribution in [2.75, 3.05) is 0 Å². The number of carbonyl (C=O) groups is 2. The van der Waals surface area contributed by atoms with Gasteiger partial charge in [0.25, 0.3) is 11.8 Å². The Bertz CT molecular complexity index is 157. The molecule has 0 saturated carbocycles. The van der Waals surface area contributed by atoms with Crippen molar-refractivity contribution in [1.82, 2.24) is 0 Å². The first-order valence-corrected chi connectivity index (χ1v) is 3.58. The van der Waals surface area contributed by atoms with Gasteiger partial charge in [-0.1, -0.05) is 0 Å². The molecule has 0 bridgehead atoms. The van der Waals surface area contributed by atoms with Gasteiger partial charge in [0, 0.05) is 0 Å². The monoisotopic (exact) mass is 196 g/mol. The maximum Gasteiger partial charge on any atom is 0.256 e. The highest BCUT2D eigenvalue weighted by Crippen LogP contribution is 2.04. The zero-order chi connectivity index (χ0) is 9.02. The summed E-state index contributed by atoms with van der Waals surface area (Å²) < 4.78 is 4.55. The summed E-state index contributed by atoms with van der Waals surface area (Å²) in [4.78, 5) is 20.6. The topological polar surface area (TPSA) is 95.4 Å². The Balaban J connectivity index is 3.84. The number of thiol groups is 2. The lowest BCUT2D eigenvalue weighted by atomic mass is 10.6. The van der Waals surface area contributed by atoms with Gasteiger partial charge in [-0.05, 0) is 0 Å². The van der Waals surface area contributed by atoms with Crippen LogP contribution in [-0.2, 0) is 14.3 Å². The van der Waals surface area contributed by atoms with Crippen molar-refractivity contribution in [3.05, 3.63) is 0 Å². The summed E-state index contributed by atoms with van der Waals surface area (Å²) in [5, 5.41) is 0. The molecule has 0 radical (unpaired) electrons. The minimum atomic E-state index is -1.16. The Morgan fingerprint density at radius 1 is 1.09 bits per heavy atom. The lowest BCUT2D eigenvalue weighted by molar-refractivity contribution is -0.131. The number of hydrogen-bond acceptors (Lipinski definition) is 5. The number of carbonyl (C=O) groups excluding carboxylic acids is 2. The normalized spacial score (nSPS) is 15.5. The minimum Gasteiger partial charge on any atom is -0.367 e. The molecule has 4 N–H and O–H groups in total. The molecular formula is C4H8N2O3S2. The Hall–Kier alpha value is -0.400. The van der Waals surface area contributed by atoms with E-state index in [4.69, 9.17) is 11.5 Å². The van der Waals surface area contributed by atoms with Crippen LogP contribution < -0.4 is 11.5 Å². The lowest BCUT2D eigenvalue weighted by Crippen LogP contribution is -2.34. The number of nitrogens with two attached hydrogens (primary N) is 2. The molecule has 64 valence electrons. The summed E-state index contributed by atoms with van der Waals surface area (Å²) >= 11 is 7.21. The first-order valence-electron chi connectivity index (χ1n) is 2.55. The maximum absolute atomic E-state index is 10.3. The molecule has 7 heteroatoms. The summed E-state index contributed by atoms with van der Waals surface area (Å²) in [6, 6.07) is 0. The molecule has 0 aromatic carbocycles. The zero-order valence-electron chi connectivity index (χ0n) is 5.43. The summed E-state index contributed by atoms with van der Waals surface area (Å²) in [6.45, 7) is 0. The van der Waals surface area contributed by atoms with Crippen LogP contribution in [0.4, 0.5) is 0 Å². The standard InChI is InChI=1S/C4H8N2O3S2/c5-1(7)3(10)9-4(11)2(6)8/h3-4,10-11H,(H2,5,7)(H2,6,8). The van der Waals surface area contributed by atoms with E-state index in [9.17, 15) is 9.59 Å². The smallest absolute Gasteiger partial charge is 0.256 e. The van der Waals surface area contributed by atoms with Crippen molar-refractivity contribution in [1.29, 1.82) is 0 Å². The maximum atomic E-state index is 10.3. The van der Waals surface area contributed by atoms with Gasteiger partial charge in [-0.25, -0.2) is 0 Å². The summed E-state index contributed by atoms with van der Waals surface area (Å²) in [5.41, 5.74) is 7.19. The molecule has 0 saturated heterocycles. The van der Waals surface area contributed by atoms with Crippen molar-refractivity contribution >= 4 is 37.1 Å². The second-order valence-electron chi connectivity index (χ2n) is 1.65. The molecule has 0 spiro atoms. The van der Waals surface area contributed by atoms with Crippen LogP contribution in [0.1, 0.15) is 0 Å². The third kappa shape index (κ3) is 4.12. The van der Waals surface area contributed by atoms with Crippen LogP contribution >= 0.6 is 25.3 Å². The molecule has 0 fully saturated rings. The van der Waals surface area contributed by atoms with Crippen molar-refractivity contribution in [2.45, 2.75) is 10.9 Å². The molecule has 0 rings (SSSR count). The molecule has 0 aromatic heterocycles. The van der Waals surface area contributed by atoms with Crippen molar-refractivity contribution in [3.63, 3.8) is 0 Å². The van der Waals surface area contributed by atoms with E-state index in [0.29, 0.717) is 0 Å². The average molecular weight is 196 g/mol. The summed E-state index contributed by atoms with van der Waals surface area (Å²) in [7, 11) is 0. The molecule has 0 aliphatic carbocycles. The van der Waals surface area contributed by atoms with E-state index in [1.165, 1.54) is 0 Å². The zero-order valence-corrected chi connectivity index (χ0v) is 7.22. The molecule has 5 nitrogen and oxygen atoms in total. The molecule has 2 atom stereocenters. The van der Waals surface area contributed by atoms with Gasteiger partial charge in [-0.15, -0.1) is 25.3 Å². The molecular weight excluding hydrogens is 188 g/mol. The predicted molar refractivity (Wildman–Crippen MR) is 45.0 cm³/mol. The van der Waals surface area contributed by atoms with Gasteiger partial charge in [0.05, 0.1) is 0 Å². The highest BCUT2D eigenvalue weighted by molar-refractivity contribution is 7.82. The van der Waals surface area contributed by atoms with Crippen LogP contribution in [0.25, 0.3) is 0 Å². The van der Waals surface area contributed by atoms with Gasteiger partial charge >= 0.3 is 0 Å².